The molecule has 0 aliphatic heterocycles. The minimum Gasteiger partial charge on any atom is -0.497 e. The second-order valence-electron chi connectivity index (χ2n) is 3.02. The molecule has 0 aromatic rings. The monoisotopic (exact) mass is 192 g/mol. The van der Waals surface area contributed by atoms with Crippen molar-refractivity contribution in [2.45, 2.75) is 25.9 Å². The number of methoxy groups -OCH3 is 1. The molecule has 0 amide bonds. The van der Waals surface area contributed by atoms with Crippen LogP contribution in [0, 0.1) is 0 Å². The highest BCUT2D eigenvalue weighted by Crippen LogP contribution is 2.35. The van der Waals surface area contributed by atoms with E-state index < -0.39 is 11.7 Å². The van der Waals surface area contributed by atoms with Gasteiger partial charge in [-0.05, 0) is 31.4 Å². The van der Waals surface area contributed by atoms with Crippen molar-refractivity contribution in [3.05, 3.63) is 23.0 Å². The van der Waals surface area contributed by atoms with Crippen molar-refractivity contribution in [3.8, 4) is 0 Å². The van der Waals surface area contributed by atoms with E-state index >= 15 is 0 Å². The zero-order valence-electron chi connectivity index (χ0n) is 7.53. The summed E-state index contributed by atoms with van der Waals surface area (Å²) in [6, 6.07) is 0. The summed E-state index contributed by atoms with van der Waals surface area (Å²) in [5.74, 6) is 0.346. The molecule has 0 radical (unpaired) electrons. The van der Waals surface area contributed by atoms with Crippen LogP contribution in [0.1, 0.15) is 19.8 Å². The summed E-state index contributed by atoms with van der Waals surface area (Å²) in [6.07, 6.45) is -2.65. The van der Waals surface area contributed by atoms with Gasteiger partial charge in [-0.1, -0.05) is 0 Å². The highest BCUT2D eigenvalue weighted by molar-refractivity contribution is 5.30. The van der Waals surface area contributed by atoms with E-state index in [0.717, 1.165) is 11.6 Å². The Bertz CT molecular complexity index is 261. The maximum Gasteiger partial charge on any atom is 0.412 e. The fraction of sp³-hybridized carbons (Fsp3) is 0.556. The third kappa shape index (κ3) is 2.26. The third-order valence-electron chi connectivity index (χ3n) is 2.08. The van der Waals surface area contributed by atoms with Gasteiger partial charge in [-0.15, -0.1) is 0 Å². The predicted molar refractivity (Wildman–Crippen MR) is 43.1 cm³/mol. The van der Waals surface area contributed by atoms with E-state index in [-0.39, 0.29) is 6.42 Å². The van der Waals surface area contributed by atoms with Crippen molar-refractivity contribution in [1.82, 2.24) is 0 Å². The molecule has 0 N–H and O–H groups in total. The summed E-state index contributed by atoms with van der Waals surface area (Å²) in [6.45, 7) is 1.78. The van der Waals surface area contributed by atoms with E-state index in [1.165, 1.54) is 7.11 Å². The molecule has 0 unspecified atom stereocenters. The average molecular weight is 192 g/mol. The Morgan fingerprint density at radius 2 is 1.92 bits per heavy atom. The van der Waals surface area contributed by atoms with E-state index in [2.05, 4.69) is 0 Å². The Hall–Kier alpha value is -0.930. The van der Waals surface area contributed by atoms with Crippen LogP contribution < -0.4 is 0 Å². The van der Waals surface area contributed by atoms with Gasteiger partial charge in [0.2, 0.25) is 0 Å². The summed E-state index contributed by atoms with van der Waals surface area (Å²) in [7, 11) is 1.38. The molecule has 13 heavy (non-hydrogen) atoms. The molecule has 0 bridgehead atoms. The Morgan fingerprint density at radius 3 is 2.38 bits per heavy atom. The molecular weight excluding hydrogens is 181 g/mol. The second-order valence-corrected chi connectivity index (χ2v) is 3.02. The second kappa shape index (κ2) is 3.44. The number of ether oxygens (including phenoxy) is 1. The van der Waals surface area contributed by atoms with Crippen molar-refractivity contribution in [2.75, 3.05) is 7.11 Å². The number of halogens is 3. The highest BCUT2D eigenvalue weighted by Gasteiger charge is 2.34. The summed E-state index contributed by atoms with van der Waals surface area (Å²) in [5.41, 5.74) is 0.366. The van der Waals surface area contributed by atoms with Gasteiger partial charge in [0.05, 0.1) is 7.11 Å². The number of rotatable bonds is 1. The van der Waals surface area contributed by atoms with E-state index in [9.17, 15) is 13.2 Å². The SMILES string of the molecule is COC1=C(C)CCC(C(F)(F)F)=C1. The van der Waals surface area contributed by atoms with Crippen LogP contribution >= 0.6 is 0 Å². The Labute approximate surface area is 74.9 Å². The molecule has 1 aliphatic carbocycles. The smallest absolute Gasteiger partial charge is 0.412 e. The summed E-state index contributed by atoms with van der Waals surface area (Å²) < 4.78 is 41.5. The van der Waals surface area contributed by atoms with Gasteiger partial charge in [-0.2, -0.15) is 13.2 Å². The van der Waals surface area contributed by atoms with Gasteiger partial charge in [-0.3, -0.25) is 0 Å². The molecular formula is C9H11F3O. The molecule has 0 aromatic heterocycles. The van der Waals surface area contributed by atoms with Crippen LogP contribution in [0.25, 0.3) is 0 Å². The van der Waals surface area contributed by atoms with Gasteiger partial charge >= 0.3 is 6.18 Å². The molecule has 0 saturated carbocycles. The standard InChI is InChI=1S/C9H11F3O/c1-6-3-4-7(9(10,11)12)5-8(6)13-2/h5H,3-4H2,1-2H3. The summed E-state index contributed by atoms with van der Waals surface area (Å²) in [5, 5.41) is 0. The number of hydrogen-bond donors (Lipinski definition) is 0. The number of hydrogen-bond acceptors (Lipinski definition) is 1. The lowest BCUT2D eigenvalue weighted by atomic mass is 9.98. The molecule has 1 aliphatic rings. The maximum atomic E-state index is 12.2. The van der Waals surface area contributed by atoms with Gasteiger partial charge in [0, 0.05) is 5.57 Å². The molecule has 1 nitrogen and oxygen atoms in total. The van der Waals surface area contributed by atoms with Gasteiger partial charge in [-0.25, -0.2) is 0 Å². The van der Waals surface area contributed by atoms with Crippen molar-refractivity contribution in [2.24, 2.45) is 0 Å². The first-order chi connectivity index (χ1) is 5.95. The quantitative estimate of drug-likeness (QED) is 0.620. The lowest BCUT2D eigenvalue weighted by Crippen LogP contribution is -2.15. The fourth-order valence-corrected chi connectivity index (χ4v) is 1.26. The van der Waals surface area contributed by atoms with E-state index in [0.29, 0.717) is 12.2 Å². The van der Waals surface area contributed by atoms with Gasteiger partial charge in [0.15, 0.2) is 0 Å². The molecule has 4 heteroatoms. The topological polar surface area (TPSA) is 9.23 Å². The molecule has 0 spiro atoms. The zero-order chi connectivity index (χ0) is 10.1. The van der Waals surface area contributed by atoms with Crippen LogP contribution in [0.15, 0.2) is 23.0 Å². The van der Waals surface area contributed by atoms with E-state index in [1.807, 2.05) is 0 Å². The first-order valence-corrected chi connectivity index (χ1v) is 3.96. The fourth-order valence-electron chi connectivity index (χ4n) is 1.26. The van der Waals surface area contributed by atoms with Crippen molar-refractivity contribution in [1.29, 1.82) is 0 Å². The van der Waals surface area contributed by atoms with Gasteiger partial charge in [0.1, 0.15) is 5.76 Å². The molecule has 0 fully saturated rings. The van der Waals surface area contributed by atoms with Crippen LogP contribution in [0.5, 0.6) is 0 Å². The molecule has 0 aromatic carbocycles. The lowest BCUT2D eigenvalue weighted by molar-refractivity contribution is -0.0945. The lowest BCUT2D eigenvalue weighted by Gasteiger charge is -2.18. The van der Waals surface area contributed by atoms with E-state index in [4.69, 9.17) is 4.74 Å². The predicted octanol–water partition coefficient (Wildman–Crippen LogP) is 3.19. The van der Waals surface area contributed by atoms with Crippen LogP contribution in [0.4, 0.5) is 13.2 Å². The molecule has 1 rings (SSSR count). The van der Waals surface area contributed by atoms with Crippen molar-refractivity contribution >= 4 is 0 Å². The van der Waals surface area contributed by atoms with E-state index in [1.54, 1.807) is 6.92 Å². The van der Waals surface area contributed by atoms with Gasteiger partial charge in [0.25, 0.3) is 0 Å². The van der Waals surface area contributed by atoms with Crippen molar-refractivity contribution in [3.63, 3.8) is 0 Å². The Kier molecular flexibility index (Phi) is 2.68. The first-order valence-electron chi connectivity index (χ1n) is 3.96. The molecule has 0 heterocycles. The normalized spacial score (nSPS) is 18.7. The van der Waals surface area contributed by atoms with Gasteiger partial charge < -0.3 is 4.74 Å². The zero-order valence-corrected chi connectivity index (χ0v) is 7.53. The number of allylic oxidation sites excluding steroid dienone is 3. The van der Waals surface area contributed by atoms with Crippen LogP contribution in [-0.4, -0.2) is 13.3 Å². The maximum absolute atomic E-state index is 12.2. The Morgan fingerprint density at radius 1 is 1.31 bits per heavy atom. The molecule has 0 atom stereocenters. The first kappa shape index (κ1) is 10.2. The number of alkyl halides is 3. The minimum absolute atomic E-state index is 0.0577. The average Bonchev–Trinajstić information content (AvgIpc) is 2.03. The minimum atomic E-state index is -4.22. The molecule has 74 valence electrons. The highest BCUT2D eigenvalue weighted by atomic mass is 19.4. The van der Waals surface area contributed by atoms with Crippen LogP contribution in [0.3, 0.4) is 0 Å². The largest absolute Gasteiger partial charge is 0.497 e. The van der Waals surface area contributed by atoms with Crippen molar-refractivity contribution < 1.29 is 17.9 Å². The Balaban J connectivity index is 2.93. The van der Waals surface area contributed by atoms with Crippen LogP contribution in [-0.2, 0) is 4.74 Å². The molecule has 0 saturated heterocycles. The van der Waals surface area contributed by atoms with Crippen LogP contribution in [0.2, 0.25) is 0 Å². The summed E-state index contributed by atoms with van der Waals surface area (Å²) >= 11 is 0. The summed E-state index contributed by atoms with van der Waals surface area (Å²) in [4.78, 5) is 0. The third-order valence-corrected chi connectivity index (χ3v) is 2.08.